The second-order valence-electron chi connectivity index (χ2n) is 3.51. The number of hydrogen-bond donors (Lipinski definition) is 1. The number of hydrogen-bond acceptors (Lipinski definition) is 2. The number of nitrogens with zero attached hydrogens (tertiary/aromatic N) is 1. The van der Waals surface area contributed by atoms with Crippen molar-refractivity contribution in [1.29, 1.82) is 0 Å². The maximum atomic E-state index is 10.7. The van der Waals surface area contributed by atoms with E-state index in [0.717, 1.165) is 25.9 Å². The molecule has 0 aromatic carbocycles. The minimum atomic E-state index is -0.638. The van der Waals surface area contributed by atoms with Crippen molar-refractivity contribution in [3.8, 4) is 0 Å². The molecule has 0 aromatic rings. The minimum absolute atomic E-state index is 0.142. The van der Waals surface area contributed by atoms with Crippen molar-refractivity contribution in [1.82, 2.24) is 4.90 Å². The van der Waals surface area contributed by atoms with Gasteiger partial charge in [-0.15, -0.1) is 0 Å². The third-order valence-electron chi connectivity index (χ3n) is 2.71. The van der Waals surface area contributed by atoms with Gasteiger partial charge >= 0.3 is 5.97 Å². The molecule has 1 aliphatic rings. The number of carbonyl (C=O) groups is 1. The van der Waals surface area contributed by atoms with E-state index < -0.39 is 5.97 Å². The van der Waals surface area contributed by atoms with Gasteiger partial charge in [-0.05, 0) is 32.9 Å². The highest BCUT2D eigenvalue weighted by molar-refractivity contribution is 5.71. The molecule has 0 saturated carbocycles. The summed E-state index contributed by atoms with van der Waals surface area (Å²) >= 11 is 0. The van der Waals surface area contributed by atoms with Gasteiger partial charge in [-0.2, -0.15) is 0 Å². The molecule has 0 radical (unpaired) electrons. The molecular formula is C9H17NO2. The topological polar surface area (TPSA) is 40.5 Å². The quantitative estimate of drug-likeness (QED) is 0.693. The molecule has 1 heterocycles. The zero-order chi connectivity index (χ0) is 9.14. The van der Waals surface area contributed by atoms with Gasteiger partial charge in [-0.3, -0.25) is 9.69 Å². The van der Waals surface area contributed by atoms with E-state index in [1.807, 2.05) is 6.92 Å². The lowest BCUT2D eigenvalue weighted by Gasteiger charge is -2.21. The van der Waals surface area contributed by atoms with Gasteiger partial charge in [0.1, 0.15) is 0 Å². The highest BCUT2D eigenvalue weighted by Gasteiger charge is 2.34. The third-order valence-corrected chi connectivity index (χ3v) is 2.71. The van der Waals surface area contributed by atoms with Crippen LogP contribution in [0.4, 0.5) is 0 Å². The molecule has 0 amide bonds. The third kappa shape index (κ3) is 1.78. The molecule has 2 unspecified atom stereocenters. The highest BCUT2D eigenvalue weighted by Crippen LogP contribution is 2.23. The Morgan fingerprint density at radius 1 is 1.67 bits per heavy atom. The monoisotopic (exact) mass is 171 g/mol. The van der Waals surface area contributed by atoms with Gasteiger partial charge in [0.15, 0.2) is 0 Å². The van der Waals surface area contributed by atoms with Crippen molar-refractivity contribution in [2.45, 2.75) is 32.7 Å². The number of carboxylic acid groups (broad SMARTS) is 1. The van der Waals surface area contributed by atoms with Gasteiger partial charge in [-0.1, -0.05) is 6.92 Å². The SMILES string of the molecule is CCCN1CCC(C(=O)O)C1C. The summed E-state index contributed by atoms with van der Waals surface area (Å²) in [6.45, 7) is 6.12. The van der Waals surface area contributed by atoms with E-state index in [0.29, 0.717) is 0 Å². The van der Waals surface area contributed by atoms with Crippen molar-refractivity contribution in [2.24, 2.45) is 5.92 Å². The van der Waals surface area contributed by atoms with E-state index in [-0.39, 0.29) is 12.0 Å². The van der Waals surface area contributed by atoms with Crippen LogP contribution in [0.15, 0.2) is 0 Å². The number of likely N-dealkylation sites (tertiary alicyclic amines) is 1. The Morgan fingerprint density at radius 2 is 2.33 bits per heavy atom. The van der Waals surface area contributed by atoms with E-state index >= 15 is 0 Å². The first-order chi connectivity index (χ1) is 5.66. The Bertz CT molecular complexity index is 170. The second kappa shape index (κ2) is 3.90. The van der Waals surface area contributed by atoms with E-state index in [9.17, 15) is 4.79 Å². The molecule has 1 rings (SSSR count). The molecule has 1 saturated heterocycles. The van der Waals surface area contributed by atoms with Gasteiger partial charge in [-0.25, -0.2) is 0 Å². The summed E-state index contributed by atoms with van der Waals surface area (Å²) in [5.74, 6) is -0.780. The lowest BCUT2D eigenvalue weighted by molar-refractivity contribution is -0.142. The maximum absolute atomic E-state index is 10.7. The highest BCUT2D eigenvalue weighted by atomic mass is 16.4. The normalized spacial score (nSPS) is 30.8. The summed E-state index contributed by atoms with van der Waals surface area (Å²) in [6.07, 6.45) is 1.92. The maximum Gasteiger partial charge on any atom is 0.308 e. The minimum Gasteiger partial charge on any atom is -0.481 e. The van der Waals surface area contributed by atoms with Crippen LogP contribution in [0.25, 0.3) is 0 Å². The number of carboxylic acids is 1. The summed E-state index contributed by atoms with van der Waals surface area (Å²) in [7, 11) is 0. The Balaban J connectivity index is 2.48. The van der Waals surface area contributed by atoms with Crippen molar-refractivity contribution < 1.29 is 9.90 Å². The second-order valence-corrected chi connectivity index (χ2v) is 3.51. The zero-order valence-corrected chi connectivity index (χ0v) is 7.79. The fourth-order valence-electron chi connectivity index (χ4n) is 1.94. The molecule has 0 spiro atoms. The summed E-state index contributed by atoms with van der Waals surface area (Å²) in [4.78, 5) is 13.0. The van der Waals surface area contributed by atoms with E-state index in [2.05, 4.69) is 11.8 Å². The van der Waals surface area contributed by atoms with Crippen molar-refractivity contribution in [3.05, 3.63) is 0 Å². The predicted octanol–water partition coefficient (Wildman–Crippen LogP) is 1.19. The lowest BCUT2D eigenvalue weighted by atomic mass is 10.0. The number of rotatable bonds is 3. The molecule has 1 fully saturated rings. The molecule has 0 aromatic heterocycles. The van der Waals surface area contributed by atoms with Gasteiger partial charge in [0, 0.05) is 6.04 Å². The first-order valence-electron chi connectivity index (χ1n) is 4.63. The summed E-state index contributed by atoms with van der Waals surface area (Å²) < 4.78 is 0. The summed E-state index contributed by atoms with van der Waals surface area (Å²) in [5, 5.41) is 8.84. The summed E-state index contributed by atoms with van der Waals surface area (Å²) in [6, 6.07) is 0.224. The van der Waals surface area contributed by atoms with E-state index in [1.54, 1.807) is 0 Å². The Morgan fingerprint density at radius 3 is 2.75 bits per heavy atom. The van der Waals surface area contributed by atoms with Crippen LogP contribution in [0, 0.1) is 5.92 Å². The van der Waals surface area contributed by atoms with Crippen LogP contribution < -0.4 is 0 Å². The molecule has 1 N–H and O–H groups in total. The van der Waals surface area contributed by atoms with Crippen LogP contribution in [0.5, 0.6) is 0 Å². The van der Waals surface area contributed by atoms with Crippen LogP contribution in [0.2, 0.25) is 0 Å². The van der Waals surface area contributed by atoms with E-state index in [1.165, 1.54) is 0 Å². The summed E-state index contributed by atoms with van der Waals surface area (Å²) in [5.41, 5.74) is 0. The molecule has 3 nitrogen and oxygen atoms in total. The Labute approximate surface area is 73.4 Å². The smallest absolute Gasteiger partial charge is 0.308 e. The molecule has 3 heteroatoms. The first-order valence-corrected chi connectivity index (χ1v) is 4.63. The largest absolute Gasteiger partial charge is 0.481 e. The van der Waals surface area contributed by atoms with Crippen molar-refractivity contribution >= 4 is 5.97 Å². The van der Waals surface area contributed by atoms with Gasteiger partial charge < -0.3 is 5.11 Å². The fraction of sp³-hybridized carbons (Fsp3) is 0.889. The predicted molar refractivity (Wildman–Crippen MR) is 47.1 cm³/mol. The molecule has 0 aliphatic carbocycles. The number of aliphatic carboxylic acids is 1. The van der Waals surface area contributed by atoms with E-state index in [4.69, 9.17) is 5.11 Å². The van der Waals surface area contributed by atoms with Crippen LogP contribution >= 0.6 is 0 Å². The molecule has 1 aliphatic heterocycles. The van der Waals surface area contributed by atoms with Crippen LogP contribution in [-0.2, 0) is 4.79 Å². The Hall–Kier alpha value is -0.570. The van der Waals surface area contributed by atoms with Gasteiger partial charge in [0.2, 0.25) is 0 Å². The standard InChI is InChI=1S/C9H17NO2/c1-3-5-10-6-4-8(7(10)2)9(11)12/h7-8H,3-6H2,1-2H3,(H,11,12). The van der Waals surface area contributed by atoms with Gasteiger partial charge in [0.25, 0.3) is 0 Å². The lowest BCUT2D eigenvalue weighted by Crippen LogP contribution is -2.33. The van der Waals surface area contributed by atoms with Gasteiger partial charge in [0.05, 0.1) is 5.92 Å². The Kier molecular flexibility index (Phi) is 3.09. The average Bonchev–Trinajstić information content (AvgIpc) is 2.34. The van der Waals surface area contributed by atoms with Crippen molar-refractivity contribution in [2.75, 3.05) is 13.1 Å². The first kappa shape index (κ1) is 9.52. The zero-order valence-electron chi connectivity index (χ0n) is 7.79. The fourth-order valence-corrected chi connectivity index (χ4v) is 1.94. The molecule has 0 bridgehead atoms. The molecule has 12 heavy (non-hydrogen) atoms. The van der Waals surface area contributed by atoms with Crippen LogP contribution in [-0.4, -0.2) is 35.1 Å². The molecule has 2 atom stereocenters. The van der Waals surface area contributed by atoms with Crippen molar-refractivity contribution in [3.63, 3.8) is 0 Å². The van der Waals surface area contributed by atoms with Crippen LogP contribution in [0.1, 0.15) is 26.7 Å². The molecular weight excluding hydrogens is 154 g/mol. The average molecular weight is 171 g/mol. The molecule has 70 valence electrons. The van der Waals surface area contributed by atoms with Crippen LogP contribution in [0.3, 0.4) is 0 Å².